The number of rotatable bonds is 3. The Balaban J connectivity index is 1.88. The normalized spacial score (nSPS) is 11.0. The Morgan fingerprint density at radius 3 is 2.58 bits per heavy atom. The summed E-state index contributed by atoms with van der Waals surface area (Å²) in [4.78, 5) is 11.0. The molecule has 0 radical (unpaired) electrons. The first-order valence-corrected chi connectivity index (χ1v) is 9.02. The molecule has 0 aliphatic heterocycles. The van der Waals surface area contributed by atoms with Crippen molar-refractivity contribution in [3.63, 3.8) is 0 Å². The van der Waals surface area contributed by atoms with Gasteiger partial charge in [-0.15, -0.1) is 0 Å². The number of para-hydroxylation sites is 1. The topological polar surface area (TPSA) is 48.1 Å². The van der Waals surface area contributed by atoms with Crippen molar-refractivity contribution in [2.24, 2.45) is 0 Å². The van der Waals surface area contributed by atoms with E-state index in [9.17, 15) is 10.1 Å². The molecule has 0 fully saturated rings. The van der Waals surface area contributed by atoms with Crippen LogP contribution in [0.25, 0.3) is 27.7 Å². The Kier molecular flexibility index (Phi) is 4.26. The highest BCUT2D eigenvalue weighted by atomic mass is 79.9. The van der Waals surface area contributed by atoms with E-state index in [0.717, 1.165) is 26.6 Å². The van der Waals surface area contributed by atoms with Gasteiger partial charge in [-0.2, -0.15) is 0 Å². The monoisotopic (exact) mass is 426 g/mol. The second-order valence-electron chi connectivity index (χ2n) is 5.83. The van der Waals surface area contributed by atoms with Gasteiger partial charge in [-0.3, -0.25) is 10.1 Å². The predicted molar refractivity (Wildman–Crippen MR) is 108 cm³/mol. The van der Waals surface area contributed by atoms with Gasteiger partial charge in [0.05, 0.1) is 21.7 Å². The van der Waals surface area contributed by atoms with E-state index in [1.54, 1.807) is 6.07 Å². The molecule has 0 saturated heterocycles. The van der Waals surface area contributed by atoms with Crippen molar-refractivity contribution < 1.29 is 4.92 Å². The van der Waals surface area contributed by atoms with Crippen LogP contribution < -0.4 is 0 Å². The molecule has 0 aliphatic carbocycles. The molecule has 0 amide bonds. The first-order valence-electron chi connectivity index (χ1n) is 7.85. The number of hydrogen-bond acceptors (Lipinski definition) is 2. The summed E-state index contributed by atoms with van der Waals surface area (Å²) in [7, 11) is 0. The molecular formula is C20H12BrClN2O2. The van der Waals surface area contributed by atoms with E-state index in [2.05, 4.69) is 20.5 Å². The first-order chi connectivity index (χ1) is 12.5. The highest BCUT2D eigenvalue weighted by molar-refractivity contribution is 9.10. The second-order valence-corrected chi connectivity index (χ2v) is 7.12. The lowest BCUT2D eigenvalue weighted by Crippen LogP contribution is -1.94. The number of hydrogen-bond donors (Lipinski definition) is 0. The summed E-state index contributed by atoms with van der Waals surface area (Å²) >= 11 is 9.64. The molecule has 0 aliphatic rings. The minimum atomic E-state index is -0.387. The van der Waals surface area contributed by atoms with Crippen LogP contribution in [0.15, 0.2) is 77.4 Å². The average molecular weight is 428 g/mol. The third-order valence-corrected chi connectivity index (χ3v) is 5.17. The SMILES string of the molecule is O=[N+]([O-])c1ccc(Cl)cc1-c1ccc2c(ccn2-c2ccccc2Br)c1. The van der Waals surface area contributed by atoms with Gasteiger partial charge >= 0.3 is 0 Å². The minimum Gasteiger partial charge on any atom is -0.315 e. The molecule has 0 N–H and O–H groups in total. The maximum atomic E-state index is 11.3. The number of nitro groups is 1. The standard InChI is InChI=1S/C20H12BrClN2O2/c21-17-3-1-2-4-20(17)23-10-9-14-11-13(5-7-18(14)23)16-12-15(22)6-8-19(16)24(25)26/h1-12H. The van der Waals surface area contributed by atoms with Gasteiger partial charge in [-0.1, -0.05) is 29.8 Å². The number of nitrogens with zero attached hydrogens (tertiary/aromatic N) is 2. The highest BCUT2D eigenvalue weighted by Gasteiger charge is 2.16. The van der Waals surface area contributed by atoms with Crippen molar-refractivity contribution in [2.45, 2.75) is 0 Å². The average Bonchev–Trinajstić information content (AvgIpc) is 3.04. The van der Waals surface area contributed by atoms with Crippen molar-refractivity contribution >= 4 is 44.1 Å². The molecule has 4 aromatic rings. The van der Waals surface area contributed by atoms with Gasteiger partial charge in [-0.25, -0.2) is 0 Å². The van der Waals surface area contributed by atoms with Crippen LogP contribution in [-0.2, 0) is 0 Å². The summed E-state index contributed by atoms with van der Waals surface area (Å²) in [5.41, 5.74) is 3.36. The van der Waals surface area contributed by atoms with Crippen molar-refractivity contribution in [1.82, 2.24) is 4.57 Å². The van der Waals surface area contributed by atoms with Crippen LogP contribution in [0.5, 0.6) is 0 Å². The van der Waals surface area contributed by atoms with E-state index in [0.29, 0.717) is 10.6 Å². The highest BCUT2D eigenvalue weighted by Crippen LogP contribution is 2.35. The van der Waals surface area contributed by atoms with Crippen LogP contribution in [0.1, 0.15) is 0 Å². The molecule has 4 nitrogen and oxygen atoms in total. The zero-order valence-electron chi connectivity index (χ0n) is 13.4. The number of nitro benzene ring substituents is 1. The maximum Gasteiger partial charge on any atom is 0.277 e. The summed E-state index contributed by atoms with van der Waals surface area (Å²) in [5, 5.41) is 12.8. The largest absolute Gasteiger partial charge is 0.315 e. The van der Waals surface area contributed by atoms with Gasteiger partial charge in [0, 0.05) is 27.1 Å². The van der Waals surface area contributed by atoms with E-state index < -0.39 is 0 Å². The molecule has 1 aromatic heterocycles. The molecule has 128 valence electrons. The molecule has 0 spiro atoms. The Morgan fingerprint density at radius 1 is 1.00 bits per heavy atom. The molecule has 6 heteroatoms. The van der Waals surface area contributed by atoms with E-state index >= 15 is 0 Å². The number of aromatic nitrogens is 1. The predicted octanol–water partition coefficient (Wildman–Crippen LogP) is 6.62. The van der Waals surface area contributed by atoms with Crippen LogP contribution in [0.2, 0.25) is 5.02 Å². The van der Waals surface area contributed by atoms with Crippen LogP contribution in [0.3, 0.4) is 0 Å². The van der Waals surface area contributed by atoms with E-state index in [-0.39, 0.29) is 10.6 Å². The molecule has 3 aromatic carbocycles. The summed E-state index contributed by atoms with van der Waals surface area (Å²) in [6.07, 6.45) is 1.99. The van der Waals surface area contributed by atoms with Crippen molar-refractivity contribution in [3.8, 4) is 16.8 Å². The zero-order chi connectivity index (χ0) is 18.3. The van der Waals surface area contributed by atoms with E-state index in [1.165, 1.54) is 12.1 Å². The van der Waals surface area contributed by atoms with Gasteiger partial charge < -0.3 is 4.57 Å². The van der Waals surface area contributed by atoms with Gasteiger partial charge in [0.15, 0.2) is 0 Å². The van der Waals surface area contributed by atoms with Gasteiger partial charge in [0.1, 0.15) is 0 Å². The number of fused-ring (bicyclic) bond motifs is 1. The van der Waals surface area contributed by atoms with Crippen molar-refractivity contribution in [1.29, 1.82) is 0 Å². The Morgan fingerprint density at radius 2 is 1.81 bits per heavy atom. The lowest BCUT2D eigenvalue weighted by molar-refractivity contribution is -0.384. The summed E-state index contributed by atoms with van der Waals surface area (Å²) < 4.78 is 3.07. The third-order valence-electron chi connectivity index (χ3n) is 4.27. The van der Waals surface area contributed by atoms with Crippen LogP contribution in [0, 0.1) is 10.1 Å². The van der Waals surface area contributed by atoms with E-state index in [4.69, 9.17) is 11.6 Å². The Labute approximate surface area is 162 Å². The molecule has 0 saturated carbocycles. The van der Waals surface area contributed by atoms with Crippen LogP contribution >= 0.6 is 27.5 Å². The van der Waals surface area contributed by atoms with Crippen molar-refractivity contribution in [2.75, 3.05) is 0 Å². The number of benzene rings is 3. The first kappa shape index (κ1) is 16.8. The lowest BCUT2D eigenvalue weighted by Gasteiger charge is -2.09. The molecule has 0 bridgehead atoms. The smallest absolute Gasteiger partial charge is 0.277 e. The summed E-state index contributed by atoms with van der Waals surface area (Å²) in [6.45, 7) is 0. The van der Waals surface area contributed by atoms with Gasteiger partial charge in [0.25, 0.3) is 5.69 Å². The fourth-order valence-electron chi connectivity index (χ4n) is 3.07. The van der Waals surface area contributed by atoms with Crippen LogP contribution in [-0.4, -0.2) is 9.49 Å². The number of halogens is 2. The fraction of sp³-hybridized carbons (Fsp3) is 0. The second kappa shape index (κ2) is 6.59. The maximum absolute atomic E-state index is 11.3. The fourth-order valence-corrected chi connectivity index (χ4v) is 3.71. The molecule has 0 atom stereocenters. The lowest BCUT2D eigenvalue weighted by atomic mass is 10.0. The molecule has 4 rings (SSSR count). The van der Waals surface area contributed by atoms with Gasteiger partial charge in [0.2, 0.25) is 0 Å². The quantitative estimate of drug-likeness (QED) is 0.272. The molecular weight excluding hydrogens is 416 g/mol. The Hall–Kier alpha value is -2.63. The molecule has 1 heterocycles. The summed E-state index contributed by atoms with van der Waals surface area (Å²) in [5.74, 6) is 0. The van der Waals surface area contributed by atoms with Gasteiger partial charge in [-0.05, 0) is 64.0 Å². The summed E-state index contributed by atoms with van der Waals surface area (Å²) in [6, 6.07) is 20.4. The van der Waals surface area contributed by atoms with E-state index in [1.807, 2.05) is 54.7 Å². The Bertz CT molecular complexity index is 1150. The molecule has 0 unspecified atom stereocenters. The minimum absolute atomic E-state index is 0.0407. The zero-order valence-corrected chi connectivity index (χ0v) is 15.7. The third kappa shape index (κ3) is 2.89. The molecule has 26 heavy (non-hydrogen) atoms. The van der Waals surface area contributed by atoms with Crippen LogP contribution in [0.4, 0.5) is 5.69 Å². The van der Waals surface area contributed by atoms with Crippen molar-refractivity contribution in [3.05, 3.63) is 92.5 Å².